The van der Waals surface area contributed by atoms with E-state index in [1.165, 1.54) is 11.1 Å². The molecule has 0 radical (unpaired) electrons. The van der Waals surface area contributed by atoms with E-state index in [2.05, 4.69) is 67.4 Å². The Hall–Kier alpha value is -1.84. The highest BCUT2D eigenvalue weighted by Gasteiger charge is 2.33. The maximum Gasteiger partial charge on any atom is 0.119 e. The molecule has 0 saturated carbocycles. The summed E-state index contributed by atoms with van der Waals surface area (Å²) >= 11 is 0. The summed E-state index contributed by atoms with van der Waals surface area (Å²) in [5, 5.41) is 3.49. The van der Waals surface area contributed by atoms with Crippen molar-refractivity contribution in [1.29, 1.82) is 0 Å². The van der Waals surface area contributed by atoms with Gasteiger partial charge in [-0.3, -0.25) is 4.90 Å². The van der Waals surface area contributed by atoms with Crippen LogP contribution in [0.5, 0.6) is 5.75 Å². The van der Waals surface area contributed by atoms with Gasteiger partial charge in [0.1, 0.15) is 12.4 Å². The number of ether oxygens (including phenoxy) is 1. The molecule has 3 nitrogen and oxygen atoms in total. The van der Waals surface area contributed by atoms with Crippen LogP contribution in [0.4, 0.5) is 0 Å². The van der Waals surface area contributed by atoms with Crippen LogP contribution in [0.1, 0.15) is 37.9 Å². The fraction of sp³-hybridized carbons (Fsp3) is 0.429. The Kier molecular flexibility index (Phi) is 5.22. The summed E-state index contributed by atoms with van der Waals surface area (Å²) in [5.74, 6) is 0.925. The van der Waals surface area contributed by atoms with E-state index in [1.807, 2.05) is 18.2 Å². The molecule has 1 aliphatic heterocycles. The number of piperazine rings is 1. The third kappa shape index (κ3) is 3.97. The van der Waals surface area contributed by atoms with Crippen molar-refractivity contribution in [3.8, 4) is 5.75 Å². The van der Waals surface area contributed by atoms with Gasteiger partial charge in [0, 0.05) is 31.2 Å². The zero-order valence-electron chi connectivity index (χ0n) is 15.0. The maximum atomic E-state index is 5.89. The third-order valence-corrected chi connectivity index (χ3v) is 4.94. The monoisotopic (exact) mass is 324 g/mol. The van der Waals surface area contributed by atoms with Gasteiger partial charge in [0.05, 0.1) is 0 Å². The average Bonchev–Trinajstić information content (AvgIpc) is 2.60. The van der Waals surface area contributed by atoms with Crippen LogP contribution in [0.15, 0.2) is 54.6 Å². The van der Waals surface area contributed by atoms with Gasteiger partial charge in [-0.05, 0) is 44.0 Å². The van der Waals surface area contributed by atoms with Gasteiger partial charge in [0.2, 0.25) is 0 Å². The molecule has 1 aliphatic rings. The Bertz CT molecular complexity index is 637. The van der Waals surface area contributed by atoms with Gasteiger partial charge in [-0.2, -0.15) is 0 Å². The van der Waals surface area contributed by atoms with Crippen molar-refractivity contribution in [3.63, 3.8) is 0 Å². The standard InChI is InChI=1S/C21H28N2O/c1-17(23-14-13-22-16-21(23,2)3)19-9-11-20(12-10-19)24-15-18-7-5-4-6-8-18/h4-12,17,22H,13-16H2,1-3H3. The van der Waals surface area contributed by atoms with Gasteiger partial charge in [0.25, 0.3) is 0 Å². The van der Waals surface area contributed by atoms with E-state index < -0.39 is 0 Å². The van der Waals surface area contributed by atoms with Crippen molar-refractivity contribution in [3.05, 3.63) is 65.7 Å². The first kappa shape index (κ1) is 17.0. The van der Waals surface area contributed by atoms with Gasteiger partial charge < -0.3 is 10.1 Å². The van der Waals surface area contributed by atoms with E-state index in [1.54, 1.807) is 0 Å². The van der Waals surface area contributed by atoms with Crippen molar-refractivity contribution in [1.82, 2.24) is 10.2 Å². The lowest BCUT2D eigenvalue weighted by atomic mass is 9.95. The van der Waals surface area contributed by atoms with Gasteiger partial charge in [0.15, 0.2) is 0 Å². The van der Waals surface area contributed by atoms with Crippen molar-refractivity contribution in [2.75, 3.05) is 19.6 Å². The summed E-state index contributed by atoms with van der Waals surface area (Å²) < 4.78 is 5.89. The molecular weight excluding hydrogens is 296 g/mol. The summed E-state index contributed by atoms with van der Waals surface area (Å²) in [5.41, 5.74) is 2.72. The highest BCUT2D eigenvalue weighted by Crippen LogP contribution is 2.30. The lowest BCUT2D eigenvalue weighted by molar-refractivity contribution is 0.0516. The van der Waals surface area contributed by atoms with E-state index in [4.69, 9.17) is 4.74 Å². The fourth-order valence-corrected chi connectivity index (χ4v) is 3.48. The van der Waals surface area contributed by atoms with Crippen LogP contribution in [-0.4, -0.2) is 30.1 Å². The van der Waals surface area contributed by atoms with Gasteiger partial charge in [-0.15, -0.1) is 0 Å². The van der Waals surface area contributed by atoms with Gasteiger partial charge >= 0.3 is 0 Å². The second kappa shape index (κ2) is 7.37. The minimum Gasteiger partial charge on any atom is -0.489 e. The summed E-state index contributed by atoms with van der Waals surface area (Å²) in [7, 11) is 0. The minimum absolute atomic E-state index is 0.181. The molecule has 3 rings (SSSR count). The lowest BCUT2D eigenvalue weighted by Gasteiger charge is -2.46. The molecule has 1 saturated heterocycles. The average molecular weight is 324 g/mol. The van der Waals surface area contributed by atoms with Crippen LogP contribution in [-0.2, 0) is 6.61 Å². The Morgan fingerprint density at radius 2 is 1.79 bits per heavy atom. The number of nitrogens with one attached hydrogen (secondary N) is 1. The van der Waals surface area contributed by atoms with Gasteiger partial charge in [-0.1, -0.05) is 42.5 Å². The molecule has 24 heavy (non-hydrogen) atoms. The smallest absolute Gasteiger partial charge is 0.119 e. The zero-order chi connectivity index (χ0) is 17.0. The van der Waals surface area contributed by atoms with E-state index >= 15 is 0 Å². The van der Waals surface area contributed by atoms with Crippen LogP contribution < -0.4 is 10.1 Å². The predicted octanol–water partition coefficient (Wildman–Crippen LogP) is 4.01. The molecule has 2 aromatic rings. The minimum atomic E-state index is 0.181. The topological polar surface area (TPSA) is 24.5 Å². The van der Waals surface area contributed by atoms with Crippen molar-refractivity contribution < 1.29 is 4.74 Å². The molecule has 0 bridgehead atoms. The van der Waals surface area contributed by atoms with E-state index in [0.717, 1.165) is 25.4 Å². The molecule has 1 atom stereocenters. The van der Waals surface area contributed by atoms with Crippen LogP contribution in [0.2, 0.25) is 0 Å². The number of rotatable bonds is 5. The number of hydrogen-bond acceptors (Lipinski definition) is 3. The van der Waals surface area contributed by atoms with Crippen LogP contribution in [0, 0.1) is 0 Å². The molecular formula is C21H28N2O. The fourth-order valence-electron chi connectivity index (χ4n) is 3.48. The van der Waals surface area contributed by atoms with E-state index in [-0.39, 0.29) is 5.54 Å². The van der Waals surface area contributed by atoms with Gasteiger partial charge in [-0.25, -0.2) is 0 Å². The second-order valence-electron chi connectivity index (χ2n) is 7.20. The van der Waals surface area contributed by atoms with E-state index in [9.17, 15) is 0 Å². The van der Waals surface area contributed by atoms with Crippen molar-refractivity contribution >= 4 is 0 Å². The largest absolute Gasteiger partial charge is 0.489 e. The molecule has 2 aromatic carbocycles. The molecule has 1 unspecified atom stereocenters. The van der Waals surface area contributed by atoms with Crippen LogP contribution in [0.25, 0.3) is 0 Å². The number of benzene rings is 2. The second-order valence-corrected chi connectivity index (χ2v) is 7.20. The predicted molar refractivity (Wildman–Crippen MR) is 99.3 cm³/mol. The summed E-state index contributed by atoms with van der Waals surface area (Å²) in [4.78, 5) is 2.59. The molecule has 1 heterocycles. The summed E-state index contributed by atoms with van der Waals surface area (Å²) in [6, 6.07) is 19.3. The number of hydrogen-bond donors (Lipinski definition) is 1. The first-order valence-corrected chi connectivity index (χ1v) is 8.80. The first-order chi connectivity index (χ1) is 11.6. The molecule has 1 fully saturated rings. The molecule has 0 spiro atoms. The molecule has 1 N–H and O–H groups in total. The molecule has 0 aromatic heterocycles. The molecule has 0 aliphatic carbocycles. The summed E-state index contributed by atoms with van der Waals surface area (Å²) in [6.45, 7) is 10.7. The van der Waals surface area contributed by atoms with Crippen LogP contribution in [0.3, 0.4) is 0 Å². The lowest BCUT2D eigenvalue weighted by Crippen LogP contribution is -2.58. The van der Waals surface area contributed by atoms with E-state index in [0.29, 0.717) is 12.6 Å². The Balaban J connectivity index is 1.63. The highest BCUT2D eigenvalue weighted by atomic mass is 16.5. The van der Waals surface area contributed by atoms with Crippen molar-refractivity contribution in [2.45, 2.75) is 39.0 Å². The third-order valence-electron chi connectivity index (χ3n) is 4.94. The van der Waals surface area contributed by atoms with Crippen molar-refractivity contribution in [2.24, 2.45) is 0 Å². The Morgan fingerprint density at radius 1 is 1.08 bits per heavy atom. The SMILES string of the molecule is CC(c1ccc(OCc2ccccc2)cc1)N1CCNCC1(C)C. The zero-order valence-corrected chi connectivity index (χ0v) is 15.0. The Morgan fingerprint density at radius 3 is 2.46 bits per heavy atom. The molecule has 3 heteroatoms. The Labute approximate surface area is 145 Å². The quantitative estimate of drug-likeness (QED) is 0.899. The number of nitrogens with zero attached hydrogens (tertiary/aromatic N) is 1. The van der Waals surface area contributed by atoms with Crippen LogP contribution >= 0.6 is 0 Å². The summed E-state index contributed by atoms with van der Waals surface area (Å²) in [6.07, 6.45) is 0. The molecule has 0 amide bonds. The first-order valence-electron chi connectivity index (χ1n) is 8.80. The maximum absolute atomic E-state index is 5.89. The normalized spacial score (nSPS) is 19.0. The molecule has 128 valence electrons. The highest BCUT2D eigenvalue weighted by molar-refractivity contribution is 5.29.